The maximum Gasteiger partial charge on any atom is 0.143 e. The van der Waals surface area contributed by atoms with Gasteiger partial charge in [-0.05, 0) is 50.1 Å². The van der Waals surface area contributed by atoms with Crippen LogP contribution >= 0.6 is 0 Å². The number of fused-ring (bicyclic) bond motifs is 1. The van der Waals surface area contributed by atoms with Gasteiger partial charge in [0.1, 0.15) is 17.9 Å². The summed E-state index contributed by atoms with van der Waals surface area (Å²) in [6, 6.07) is 12.1. The van der Waals surface area contributed by atoms with Gasteiger partial charge < -0.3 is 4.74 Å². The third-order valence-corrected chi connectivity index (χ3v) is 3.98. The highest BCUT2D eigenvalue weighted by atomic mass is 16.5. The van der Waals surface area contributed by atoms with Crippen LogP contribution < -0.4 is 10.1 Å². The summed E-state index contributed by atoms with van der Waals surface area (Å²) in [5.74, 6) is 1.18. The molecule has 0 aliphatic heterocycles. The zero-order chi connectivity index (χ0) is 14.0. The highest BCUT2D eigenvalue weighted by Gasteiger charge is 2.45. The first-order chi connectivity index (χ1) is 9.79. The molecular formula is C16H17N3O. The zero-order valence-corrected chi connectivity index (χ0v) is 11.5. The minimum absolute atomic E-state index is 0.360. The number of hydrogen-bond donors (Lipinski definition) is 1. The molecule has 1 heterocycles. The molecule has 1 aromatic carbocycles. The lowest BCUT2D eigenvalue weighted by Gasteiger charge is -2.26. The minimum Gasteiger partial charge on any atom is -0.490 e. The second kappa shape index (κ2) is 5.10. The van der Waals surface area contributed by atoms with Crippen molar-refractivity contribution in [3.05, 3.63) is 36.5 Å². The number of nitrogens with one attached hydrogen (secondary N) is 1. The summed E-state index contributed by atoms with van der Waals surface area (Å²) in [4.78, 5) is 4.31. The van der Waals surface area contributed by atoms with Crippen molar-refractivity contribution in [2.45, 2.75) is 18.4 Å². The van der Waals surface area contributed by atoms with Gasteiger partial charge in [0.2, 0.25) is 0 Å². The molecule has 1 aliphatic rings. The minimum atomic E-state index is -0.579. The molecule has 1 saturated carbocycles. The topological polar surface area (TPSA) is 57.9 Å². The summed E-state index contributed by atoms with van der Waals surface area (Å²) >= 11 is 0. The number of likely N-dealkylation sites (N-methyl/N-ethyl adjacent to an activating group) is 1. The first-order valence-corrected chi connectivity index (χ1v) is 6.86. The van der Waals surface area contributed by atoms with E-state index in [0.717, 1.165) is 29.5 Å². The summed E-state index contributed by atoms with van der Waals surface area (Å²) in [6.45, 7) is 0.360. The molecule has 1 aliphatic carbocycles. The first-order valence-electron chi connectivity index (χ1n) is 6.86. The van der Waals surface area contributed by atoms with Gasteiger partial charge in [-0.25, -0.2) is 0 Å². The summed E-state index contributed by atoms with van der Waals surface area (Å²) in [7, 11) is 1.83. The average Bonchev–Trinajstić information content (AvgIpc) is 3.34. The Bertz CT molecular complexity index is 655. The van der Waals surface area contributed by atoms with Gasteiger partial charge in [-0.15, -0.1) is 0 Å². The monoisotopic (exact) mass is 267 g/mol. The van der Waals surface area contributed by atoms with Crippen LogP contribution in [0, 0.1) is 17.2 Å². The molecule has 1 aromatic heterocycles. The maximum atomic E-state index is 9.47. The van der Waals surface area contributed by atoms with Crippen LogP contribution in [0.15, 0.2) is 36.5 Å². The van der Waals surface area contributed by atoms with Crippen molar-refractivity contribution in [1.82, 2.24) is 10.3 Å². The van der Waals surface area contributed by atoms with E-state index < -0.39 is 5.54 Å². The van der Waals surface area contributed by atoms with Crippen molar-refractivity contribution < 1.29 is 4.74 Å². The van der Waals surface area contributed by atoms with Crippen LogP contribution in [-0.4, -0.2) is 24.2 Å². The van der Waals surface area contributed by atoms with E-state index in [9.17, 15) is 5.26 Å². The Morgan fingerprint density at radius 3 is 2.95 bits per heavy atom. The molecule has 1 unspecified atom stereocenters. The van der Waals surface area contributed by atoms with Gasteiger partial charge >= 0.3 is 0 Å². The second-order valence-electron chi connectivity index (χ2n) is 5.22. The third-order valence-electron chi connectivity index (χ3n) is 3.98. The van der Waals surface area contributed by atoms with E-state index in [0.29, 0.717) is 12.5 Å². The molecule has 1 fully saturated rings. The Balaban J connectivity index is 1.85. The van der Waals surface area contributed by atoms with Gasteiger partial charge in [0, 0.05) is 11.6 Å². The van der Waals surface area contributed by atoms with Crippen molar-refractivity contribution in [2.75, 3.05) is 13.7 Å². The van der Waals surface area contributed by atoms with E-state index in [4.69, 9.17) is 4.74 Å². The molecule has 0 radical (unpaired) electrons. The lowest BCUT2D eigenvalue weighted by atomic mass is 9.96. The highest BCUT2D eigenvalue weighted by Crippen LogP contribution is 2.39. The predicted molar refractivity (Wildman–Crippen MR) is 77.4 cm³/mol. The van der Waals surface area contributed by atoms with Crippen LogP contribution in [0.2, 0.25) is 0 Å². The first kappa shape index (κ1) is 12.9. The molecule has 1 N–H and O–H groups in total. The number of aromatic nitrogens is 1. The lowest BCUT2D eigenvalue weighted by molar-refractivity contribution is 0.213. The van der Waals surface area contributed by atoms with Crippen LogP contribution in [0.1, 0.15) is 12.8 Å². The number of nitriles is 1. The molecule has 3 rings (SSSR count). The molecule has 4 nitrogen and oxygen atoms in total. The molecule has 1 atom stereocenters. The van der Waals surface area contributed by atoms with Crippen molar-refractivity contribution in [2.24, 2.45) is 5.92 Å². The van der Waals surface area contributed by atoms with E-state index in [2.05, 4.69) is 16.4 Å². The standard InChI is InChI=1S/C16H17N3O/c1-18-16(10-17,12-7-8-12)11-20-15-6-2-5-14-13(15)4-3-9-19-14/h2-6,9,12,18H,7-8,11H2,1H3. The van der Waals surface area contributed by atoms with Crippen LogP contribution in [0.25, 0.3) is 10.9 Å². The highest BCUT2D eigenvalue weighted by molar-refractivity contribution is 5.84. The fourth-order valence-corrected chi connectivity index (χ4v) is 2.54. The van der Waals surface area contributed by atoms with Crippen molar-refractivity contribution in [1.29, 1.82) is 5.26 Å². The summed E-state index contributed by atoms with van der Waals surface area (Å²) in [5, 5.41) is 13.6. The molecule has 102 valence electrons. The average molecular weight is 267 g/mol. The van der Waals surface area contributed by atoms with E-state index in [-0.39, 0.29) is 0 Å². The Hall–Kier alpha value is -2.12. The molecule has 0 amide bonds. The summed E-state index contributed by atoms with van der Waals surface area (Å²) < 4.78 is 5.94. The summed E-state index contributed by atoms with van der Waals surface area (Å²) in [5.41, 5.74) is 0.327. The number of benzene rings is 1. The van der Waals surface area contributed by atoms with Crippen molar-refractivity contribution in [3.8, 4) is 11.8 Å². The maximum absolute atomic E-state index is 9.47. The van der Waals surface area contributed by atoms with Gasteiger partial charge in [0.25, 0.3) is 0 Å². The molecular weight excluding hydrogens is 250 g/mol. The lowest BCUT2D eigenvalue weighted by Crippen LogP contribution is -2.49. The van der Waals surface area contributed by atoms with Crippen molar-refractivity contribution >= 4 is 10.9 Å². The van der Waals surface area contributed by atoms with Gasteiger partial charge in [0.05, 0.1) is 11.6 Å². The predicted octanol–water partition coefficient (Wildman–Crippen LogP) is 2.51. The number of hydrogen-bond acceptors (Lipinski definition) is 4. The zero-order valence-electron chi connectivity index (χ0n) is 11.5. The molecule has 2 aromatic rings. The Labute approximate surface area is 118 Å². The van der Waals surface area contributed by atoms with E-state index >= 15 is 0 Å². The second-order valence-corrected chi connectivity index (χ2v) is 5.22. The number of ether oxygens (including phenoxy) is 1. The third kappa shape index (κ3) is 2.21. The molecule has 0 bridgehead atoms. The SMILES string of the molecule is CNC(C#N)(COc1cccc2ncccc12)C1CC1. The Kier molecular flexibility index (Phi) is 3.29. The summed E-state index contributed by atoms with van der Waals surface area (Å²) in [6.07, 6.45) is 3.95. The van der Waals surface area contributed by atoms with Crippen LogP contribution in [0.5, 0.6) is 5.75 Å². The quantitative estimate of drug-likeness (QED) is 0.904. The van der Waals surface area contributed by atoms with Crippen LogP contribution in [0.3, 0.4) is 0 Å². The van der Waals surface area contributed by atoms with E-state index in [1.807, 2.05) is 37.4 Å². The Morgan fingerprint density at radius 2 is 2.25 bits per heavy atom. The number of rotatable bonds is 5. The largest absolute Gasteiger partial charge is 0.490 e. The van der Waals surface area contributed by atoms with E-state index in [1.165, 1.54) is 0 Å². The fourth-order valence-electron chi connectivity index (χ4n) is 2.54. The fraction of sp³-hybridized carbons (Fsp3) is 0.375. The van der Waals surface area contributed by atoms with E-state index in [1.54, 1.807) is 6.20 Å². The van der Waals surface area contributed by atoms with Crippen molar-refractivity contribution in [3.63, 3.8) is 0 Å². The molecule has 0 saturated heterocycles. The number of nitrogens with zero attached hydrogens (tertiary/aromatic N) is 2. The molecule has 0 spiro atoms. The van der Waals surface area contributed by atoms with Crippen LogP contribution in [-0.2, 0) is 0 Å². The van der Waals surface area contributed by atoms with Gasteiger partial charge in [-0.1, -0.05) is 6.07 Å². The van der Waals surface area contributed by atoms with Gasteiger partial charge in [0.15, 0.2) is 0 Å². The normalized spacial score (nSPS) is 17.4. The number of pyridine rings is 1. The molecule has 20 heavy (non-hydrogen) atoms. The molecule has 4 heteroatoms. The Morgan fingerprint density at radius 1 is 1.40 bits per heavy atom. The smallest absolute Gasteiger partial charge is 0.143 e. The van der Waals surface area contributed by atoms with Gasteiger partial charge in [-0.2, -0.15) is 5.26 Å². The van der Waals surface area contributed by atoms with Gasteiger partial charge in [-0.3, -0.25) is 10.3 Å². The van der Waals surface area contributed by atoms with Crippen LogP contribution in [0.4, 0.5) is 0 Å².